The summed E-state index contributed by atoms with van der Waals surface area (Å²) in [6.07, 6.45) is 4.61. The van der Waals surface area contributed by atoms with Crippen LogP contribution in [0.5, 0.6) is 0 Å². The summed E-state index contributed by atoms with van der Waals surface area (Å²) < 4.78 is 6.58. The summed E-state index contributed by atoms with van der Waals surface area (Å²) in [5.41, 5.74) is -2.46. The second kappa shape index (κ2) is 6.73. The van der Waals surface area contributed by atoms with Crippen molar-refractivity contribution in [3.05, 3.63) is 34.3 Å². The maximum Gasteiger partial charge on any atom is 0.255 e. The SMILES string of the molecule is [C-]#[N+][C@H]1[C@@H]2[C@@H](CC[C@]1(C)O)[C@](C)([N+]#[C-])CC[C@H]2[C@]1(C)CC[C@H](C(C)(C)[N+]#[C-])O1. The molecule has 28 heavy (non-hydrogen) atoms. The van der Waals surface area contributed by atoms with Crippen LogP contribution in [0.1, 0.15) is 73.1 Å². The van der Waals surface area contributed by atoms with E-state index >= 15 is 0 Å². The molecule has 1 saturated heterocycles. The molecular formula is C23H33N3O2. The number of ether oxygens (including phenoxy) is 1. The second-order valence-electron chi connectivity index (χ2n) is 10.5. The normalized spacial score (nSPS) is 48.8. The zero-order valence-corrected chi connectivity index (χ0v) is 17.8. The summed E-state index contributed by atoms with van der Waals surface area (Å²) in [7, 11) is 0. The molecule has 0 aromatic carbocycles. The fourth-order valence-corrected chi connectivity index (χ4v) is 6.25. The van der Waals surface area contributed by atoms with Crippen LogP contribution in [0, 0.1) is 37.5 Å². The molecule has 5 nitrogen and oxygen atoms in total. The van der Waals surface area contributed by atoms with E-state index in [0.29, 0.717) is 6.42 Å². The van der Waals surface area contributed by atoms with Gasteiger partial charge in [0.25, 0.3) is 11.6 Å². The van der Waals surface area contributed by atoms with E-state index in [2.05, 4.69) is 21.5 Å². The van der Waals surface area contributed by atoms with Gasteiger partial charge in [0.05, 0.1) is 11.5 Å². The van der Waals surface area contributed by atoms with E-state index in [4.69, 9.17) is 24.5 Å². The molecule has 0 radical (unpaired) electrons. The Morgan fingerprint density at radius 1 is 0.964 bits per heavy atom. The van der Waals surface area contributed by atoms with Crippen molar-refractivity contribution in [2.75, 3.05) is 0 Å². The van der Waals surface area contributed by atoms with Crippen LogP contribution in [0.15, 0.2) is 0 Å². The Hall–Kier alpha value is -1.61. The summed E-state index contributed by atoms with van der Waals surface area (Å²) in [6, 6.07) is -0.508. The van der Waals surface area contributed by atoms with E-state index in [1.807, 2.05) is 20.8 Å². The lowest BCUT2D eigenvalue weighted by atomic mass is 9.51. The van der Waals surface area contributed by atoms with Gasteiger partial charge in [-0.15, -0.1) is 0 Å². The molecule has 0 aromatic rings. The molecule has 152 valence electrons. The summed E-state index contributed by atoms with van der Waals surface area (Å²) in [5.74, 6) is 0.190. The Balaban J connectivity index is 1.99. The molecule has 0 unspecified atom stereocenters. The molecule has 1 heterocycles. The van der Waals surface area contributed by atoms with Crippen molar-refractivity contribution in [1.29, 1.82) is 0 Å². The topological polar surface area (TPSA) is 42.5 Å². The van der Waals surface area contributed by atoms with E-state index in [0.717, 1.165) is 32.1 Å². The predicted molar refractivity (Wildman–Crippen MR) is 108 cm³/mol. The molecule has 1 N–H and O–H groups in total. The van der Waals surface area contributed by atoms with Crippen LogP contribution in [-0.2, 0) is 4.74 Å². The highest BCUT2D eigenvalue weighted by molar-refractivity contribution is 5.19. The van der Waals surface area contributed by atoms with Crippen LogP contribution >= 0.6 is 0 Å². The minimum absolute atomic E-state index is 0.0473. The quantitative estimate of drug-likeness (QED) is 0.698. The van der Waals surface area contributed by atoms with Crippen LogP contribution in [-0.4, -0.2) is 39.5 Å². The smallest absolute Gasteiger partial charge is 0.255 e. The number of hydrogen-bond donors (Lipinski definition) is 1. The maximum atomic E-state index is 11.0. The molecule has 3 aliphatic rings. The van der Waals surface area contributed by atoms with Crippen molar-refractivity contribution in [2.24, 2.45) is 17.8 Å². The fourth-order valence-electron chi connectivity index (χ4n) is 6.25. The molecule has 0 spiro atoms. The van der Waals surface area contributed by atoms with Gasteiger partial charge in [-0.25, -0.2) is 19.7 Å². The second-order valence-corrected chi connectivity index (χ2v) is 10.5. The largest absolute Gasteiger partial charge is 0.382 e. The Morgan fingerprint density at radius 3 is 2.18 bits per heavy atom. The fraction of sp³-hybridized carbons (Fsp3) is 0.870. The number of aliphatic hydroxyl groups is 1. The van der Waals surface area contributed by atoms with Gasteiger partial charge >= 0.3 is 0 Å². The molecule has 0 aromatic heterocycles. The lowest BCUT2D eigenvalue weighted by molar-refractivity contribution is -0.147. The Morgan fingerprint density at radius 2 is 1.61 bits per heavy atom. The van der Waals surface area contributed by atoms with Crippen molar-refractivity contribution >= 4 is 0 Å². The third-order valence-corrected chi connectivity index (χ3v) is 8.22. The first kappa shape index (κ1) is 21.1. The van der Waals surface area contributed by atoms with Crippen molar-refractivity contribution in [3.63, 3.8) is 0 Å². The van der Waals surface area contributed by atoms with Crippen molar-refractivity contribution in [3.8, 4) is 0 Å². The number of hydrogen-bond acceptors (Lipinski definition) is 2. The number of fused-ring (bicyclic) bond motifs is 1. The summed E-state index contributed by atoms with van der Waals surface area (Å²) in [5, 5.41) is 11.0. The van der Waals surface area contributed by atoms with Crippen LogP contribution in [0.4, 0.5) is 0 Å². The average molecular weight is 384 g/mol. The van der Waals surface area contributed by atoms with Gasteiger partial charge in [0.15, 0.2) is 0 Å². The molecule has 2 aliphatic carbocycles. The van der Waals surface area contributed by atoms with Crippen molar-refractivity contribution in [2.45, 2.75) is 108 Å². The van der Waals surface area contributed by atoms with Gasteiger partial charge in [0.2, 0.25) is 5.54 Å². The third kappa shape index (κ3) is 3.12. The first-order valence-corrected chi connectivity index (χ1v) is 10.5. The highest BCUT2D eigenvalue weighted by Crippen LogP contribution is 2.58. The molecule has 5 heteroatoms. The lowest BCUT2D eigenvalue weighted by Gasteiger charge is -2.53. The van der Waals surface area contributed by atoms with Crippen LogP contribution in [0.25, 0.3) is 14.5 Å². The Kier molecular flexibility index (Phi) is 5.07. The first-order chi connectivity index (χ1) is 12.9. The monoisotopic (exact) mass is 383 g/mol. The van der Waals surface area contributed by atoms with Gasteiger partial charge in [-0.3, -0.25) is 0 Å². The Bertz CT molecular complexity index is 755. The van der Waals surface area contributed by atoms with E-state index in [9.17, 15) is 5.11 Å². The van der Waals surface area contributed by atoms with Gasteiger partial charge in [-0.2, -0.15) is 0 Å². The van der Waals surface area contributed by atoms with E-state index < -0.39 is 28.3 Å². The van der Waals surface area contributed by atoms with Gasteiger partial charge in [-0.05, 0) is 51.9 Å². The predicted octanol–water partition coefficient (Wildman–Crippen LogP) is 4.78. The average Bonchev–Trinajstić information content (AvgIpc) is 3.05. The summed E-state index contributed by atoms with van der Waals surface area (Å²) >= 11 is 0. The standard InChI is InChI=1S/C23H33N3O2/c1-20(2,25-7)17-11-14-23(5,28-17)16-9-12-21(3,26-8)15-10-13-22(4,27)19(24-6)18(15)16/h15-19,27H,9-14H2,1-5H3/t15-,16-,17-,18-,19+,21-,22+,23+/m1/s1. The van der Waals surface area contributed by atoms with E-state index in [1.165, 1.54) is 0 Å². The summed E-state index contributed by atoms with van der Waals surface area (Å²) in [6.45, 7) is 33.0. The number of nitrogens with zero attached hydrogens (tertiary/aromatic N) is 3. The van der Waals surface area contributed by atoms with Gasteiger partial charge in [-0.1, -0.05) is 0 Å². The molecule has 1 aliphatic heterocycles. The van der Waals surface area contributed by atoms with Gasteiger partial charge < -0.3 is 24.4 Å². The summed E-state index contributed by atoms with van der Waals surface area (Å²) in [4.78, 5) is 11.7. The molecule has 3 rings (SSSR count). The van der Waals surface area contributed by atoms with E-state index in [-0.39, 0.29) is 23.9 Å². The highest BCUT2D eigenvalue weighted by atomic mass is 16.5. The van der Waals surface area contributed by atoms with Gasteiger partial charge in [0, 0.05) is 33.1 Å². The molecule has 0 amide bonds. The number of rotatable bonds is 2. The molecule has 0 bridgehead atoms. The van der Waals surface area contributed by atoms with Crippen molar-refractivity contribution < 1.29 is 9.84 Å². The van der Waals surface area contributed by atoms with Crippen molar-refractivity contribution in [1.82, 2.24) is 0 Å². The Labute approximate surface area is 169 Å². The third-order valence-electron chi connectivity index (χ3n) is 8.22. The highest BCUT2D eigenvalue weighted by Gasteiger charge is 2.66. The van der Waals surface area contributed by atoms with E-state index in [1.54, 1.807) is 6.92 Å². The molecule has 8 atom stereocenters. The minimum Gasteiger partial charge on any atom is -0.382 e. The molecular weight excluding hydrogens is 350 g/mol. The van der Waals surface area contributed by atoms with Crippen LogP contribution < -0.4 is 0 Å². The molecule has 2 saturated carbocycles. The molecule has 3 fully saturated rings. The zero-order chi connectivity index (χ0) is 21.0. The van der Waals surface area contributed by atoms with Crippen LogP contribution in [0.2, 0.25) is 0 Å². The maximum absolute atomic E-state index is 11.0. The lowest BCUT2D eigenvalue weighted by Crippen LogP contribution is -2.61. The zero-order valence-electron chi connectivity index (χ0n) is 17.8. The van der Waals surface area contributed by atoms with Crippen LogP contribution in [0.3, 0.4) is 0 Å². The first-order valence-electron chi connectivity index (χ1n) is 10.5. The van der Waals surface area contributed by atoms with Gasteiger partial charge in [0.1, 0.15) is 11.7 Å². The minimum atomic E-state index is -1.02.